The monoisotopic (exact) mass is 334 g/mol. The number of aryl methyl sites for hydroxylation is 1. The van der Waals surface area contributed by atoms with E-state index in [-0.39, 0.29) is 11.9 Å². The molecule has 0 fully saturated rings. The van der Waals surface area contributed by atoms with Gasteiger partial charge >= 0.3 is 0 Å². The first-order valence-corrected chi connectivity index (χ1v) is 8.28. The number of thioether (sulfide) groups is 1. The molecule has 1 amide bonds. The molecule has 1 aliphatic rings. The number of hydrogen-bond donors (Lipinski definition) is 1. The molecule has 0 saturated carbocycles. The molecule has 1 N–H and O–H groups in total. The van der Waals surface area contributed by atoms with E-state index in [1.165, 1.54) is 11.8 Å². The zero-order valence-corrected chi connectivity index (χ0v) is 13.8. The number of nitrogens with one attached hydrogen (secondary N) is 1. The maximum atomic E-state index is 12.1. The van der Waals surface area contributed by atoms with Gasteiger partial charge in [0.2, 0.25) is 5.91 Å². The molecular formula is C15H18N4O3S. The van der Waals surface area contributed by atoms with Crippen LogP contribution in [0.5, 0.6) is 11.5 Å². The van der Waals surface area contributed by atoms with Gasteiger partial charge < -0.3 is 19.4 Å². The Balaban J connectivity index is 1.57. The maximum absolute atomic E-state index is 12.1. The molecular weight excluding hydrogens is 316 g/mol. The van der Waals surface area contributed by atoms with Gasteiger partial charge in [-0.2, -0.15) is 0 Å². The van der Waals surface area contributed by atoms with Crippen molar-refractivity contribution in [1.82, 2.24) is 20.1 Å². The zero-order chi connectivity index (χ0) is 16.2. The van der Waals surface area contributed by atoms with E-state index < -0.39 is 0 Å². The summed E-state index contributed by atoms with van der Waals surface area (Å²) in [6.07, 6.45) is 1.61. The summed E-state index contributed by atoms with van der Waals surface area (Å²) in [5, 5.41) is 11.4. The molecule has 23 heavy (non-hydrogen) atoms. The molecule has 1 aromatic heterocycles. The van der Waals surface area contributed by atoms with E-state index in [9.17, 15) is 4.79 Å². The Bertz CT molecular complexity index is 704. The standard InChI is InChI=1S/C15H18N4O3S/c1-10(11-3-4-12-13(7-11)22-6-5-21-12)17-14(20)8-23-15-18-16-9-19(15)2/h3-4,7,9-10H,5-6,8H2,1-2H3,(H,17,20)/t10-/m0/s1. The SMILES string of the molecule is C[C@H](NC(=O)CSc1nncn1C)c1ccc2c(c1)OCCO2. The topological polar surface area (TPSA) is 78.3 Å². The van der Waals surface area contributed by atoms with E-state index >= 15 is 0 Å². The number of carbonyl (C=O) groups is 1. The van der Waals surface area contributed by atoms with Crippen LogP contribution in [0.25, 0.3) is 0 Å². The normalized spacial score (nSPS) is 14.3. The van der Waals surface area contributed by atoms with Crippen LogP contribution in [0, 0.1) is 0 Å². The molecule has 0 radical (unpaired) electrons. The highest BCUT2D eigenvalue weighted by Crippen LogP contribution is 2.32. The van der Waals surface area contributed by atoms with E-state index in [0.717, 1.165) is 17.1 Å². The molecule has 0 spiro atoms. The highest BCUT2D eigenvalue weighted by molar-refractivity contribution is 7.99. The number of ether oxygens (including phenoxy) is 2. The Morgan fingerprint density at radius 2 is 2.17 bits per heavy atom. The summed E-state index contributed by atoms with van der Waals surface area (Å²) in [4.78, 5) is 12.1. The van der Waals surface area contributed by atoms with Crippen molar-refractivity contribution >= 4 is 17.7 Å². The van der Waals surface area contributed by atoms with Crippen LogP contribution < -0.4 is 14.8 Å². The summed E-state index contributed by atoms with van der Waals surface area (Å²) >= 11 is 1.35. The molecule has 1 atom stereocenters. The lowest BCUT2D eigenvalue weighted by Gasteiger charge is -2.21. The lowest BCUT2D eigenvalue weighted by Crippen LogP contribution is -2.28. The molecule has 2 heterocycles. The van der Waals surface area contributed by atoms with Crippen LogP contribution in [0.2, 0.25) is 0 Å². The van der Waals surface area contributed by atoms with Gasteiger partial charge in [-0.15, -0.1) is 10.2 Å². The lowest BCUT2D eigenvalue weighted by molar-refractivity contribution is -0.119. The minimum absolute atomic E-state index is 0.0552. The number of rotatable bonds is 5. The largest absolute Gasteiger partial charge is 0.486 e. The number of hydrogen-bond acceptors (Lipinski definition) is 6. The number of aromatic nitrogens is 3. The van der Waals surface area contributed by atoms with Crippen LogP contribution in [0.1, 0.15) is 18.5 Å². The van der Waals surface area contributed by atoms with Gasteiger partial charge in [0.15, 0.2) is 16.7 Å². The van der Waals surface area contributed by atoms with Gasteiger partial charge in [-0.05, 0) is 24.6 Å². The fourth-order valence-corrected chi connectivity index (χ4v) is 2.93. The van der Waals surface area contributed by atoms with Gasteiger partial charge in [-0.1, -0.05) is 17.8 Å². The first kappa shape index (κ1) is 15.7. The van der Waals surface area contributed by atoms with Crippen LogP contribution in [0.15, 0.2) is 29.7 Å². The van der Waals surface area contributed by atoms with Crippen LogP contribution >= 0.6 is 11.8 Å². The third-order valence-electron chi connectivity index (χ3n) is 3.45. The number of benzene rings is 1. The second kappa shape index (κ2) is 6.91. The predicted octanol–water partition coefficient (Wildman–Crippen LogP) is 1.56. The zero-order valence-electron chi connectivity index (χ0n) is 13.0. The average molecular weight is 334 g/mol. The molecule has 0 unspecified atom stereocenters. The Hall–Kier alpha value is -2.22. The van der Waals surface area contributed by atoms with Crippen molar-refractivity contribution in [3.63, 3.8) is 0 Å². The molecule has 3 rings (SSSR count). The second-order valence-corrected chi connectivity index (χ2v) is 6.15. The maximum Gasteiger partial charge on any atom is 0.230 e. The van der Waals surface area contributed by atoms with Crippen molar-refractivity contribution < 1.29 is 14.3 Å². The molecule has 7 nitrogen and oxygen atoms in total. The molecule has 0 aliphatic carbocycles. The van der Waals surface area contributed by atoms with Gasteiger partial charge in [0.05, 0.1) is 11.8 Å². The number of nitrogens with zero attached hydrogens (tertiary/aromatic N) is 3. The Morgan fingerprint density at radius 3 is 2.91 bits per heavy atom. The molecule has 1 aromatic carbocycles. The number of fused-ring (bicyclic) bond motifs is 1. The van der Waals surface area contributed by atoms with Gasteiger partial charge in [0.1, 0.15) is 19.5 Å². The molecule has 122 valence electrons. The average Bonchev–Trinajstić information content (AvgIpc) is 2.97. The van der Waals surface area contributed by atoms with Crippen LogP contribution in [0.3, 0.4) is 0 Å². The van der Waals surface area contributed by atoms with E-state index in [1.54, 1.807) is 10.9 Å². The number of amides is 1. The highest BCUT2D eigenvalue weighted by Gasteiger charge is 2.16. The van der Waals surface area contributed by atoms with Crippen molar-refractivity contribution in [3.05, 3.63) is 30.1 Å². The van der Waals surface area contributed by atoms with Gasteiger partial charge in [-0.3, -0.25) is 4.79 Å². The number of carbonyl (C=O) groups excluding carboxylic acids is 1. The van der Waals surface area contributed by atoms with Crippen LogP contribution in [-0.2, 0) is 11.8 Å². The van der Waals surface area contributed by atoms with Crippen molar-refractivity contribution in [2.45, 2.75) is 18.1 Å². The Labute approximate surface area is 138 Å². The van der Waals surface area contributed by atoms with E-state index in [0.29, 0.717) is 24.1 Å². The van der Waals surface area contributed by atoms with E-state index in [1.807, 2.05) is 32.2 Å². The Kier molecular flexibility index (Phi) is 4.71. The molecule has 8 heteroatoms. The predicted molar refractivity (Wildman–Crippen MR) is 85.7 cm³/mol. The summed E-state index contributed by atoms with van der Waals surface area (Å²) in [6.45, 7) is 3.06. The highest BCUT2D eigenvalue weighted by atomic mass is 32.2. The van der Waals surface area contributed by atoms with Gasteiger partial charge in [0, 0.05) is 7.05 Å². The first-order chi connectivity index (χ1) is 11.1. The van der Waals surface area contributed by atoms with Crippen molar-refractivity contribution in [1.29, 1.82) is 0 Å². The van der Waals surface area contributed by atoms with Crippen LogP contribution in [0.4, 0.5) is 0 Å². The van der Waals surface area contributed by atoms with Crippen molar-refractivity contribution in [3.8, 4) is 11.5 Å². The summed E-state index contributed by atoms with van der Waals surface area (Å²) in [5.74, 6) is 1.71. The summed E-state index contributed by atoms with van der Waals surface area (Å²) in [7, 11) is 1.85. The van der Waals surface area contributed by atoms with E-state index in [4.69, 9.17) is 9.47 Å². The lowest BCUT2D eigenvalue weighted by atomic mass is 10.1. The quantitative estimate of drug-likeness (QED) is 0.836. The fraction of sp³-hybridized carbons (Fsp3) is 0.400. The summed E-state index contributed by atoms with van der Waals surface area (Å²) in [5.41, 5.74) is 0.978. The van der Waals surface area contributed by atoms with E-state index in [2.05, 4.69) is 15.5 Å². The van der Waals surface area contributed by atoms with Gasteiger partial charge in [0.25, 0.3) is 0 Å². The Morgan fingerprint density at radius 1 is 1.39 bits per heavy atom. The minimum Gasteiger partial charge on any atom is -0.486 e. The first-order valence-electron chi connectivity index (χ1n) is 7.29. The molecule has 2 aromatic rings. The molecule has 1 aliphatic heterocycles. The van der Waals surface area contributed by atoms with Crippen molar-refractivity contribution in [2.75, 3.05) is 19.0 Å². The molecule has 0 bridgehead atoms. The third-order valence-corrected chi connectivity index (χ3v) is 4.48. The summed E-state index contributed by atoms with van der Waals surface area (Å²) < 4.78 is 12.8. The summed E-state index contributed by atoms with van der Waals surface area (Å²) in [6, 6.07) is 5.61. The van der Waals surface area contributed by atoms with Gasteiger partial charge in [-0.25, -0.2) is 0 Å². The van der Waals surface area contributed by atoms with Crippen molar-refractivity contribution in [2.24, 2.45) is 7.05 Å². The molecule has 0 saturated heterocycles. The minimum atomic E-state index is -0.113. The third kappa shape index (κ3) is 3.76. The van der Waals surface area contributed by atoms with Crippen LogP contribution in [-0.4, -0.2) is 39.6 Å². The second-order valence-electron chi connectivity index (χ2n) is 5.21. The fourth-order valence-electron chi connectivity index (χ4n) is 2.23. The smallest absolute Gasteiger partial charge is 0.230 e.